The van der Waals surface area contributed by atoms with Crippen molar-refractivity contribution in [2.75, 3.05) is 11.9 Å². The van der Waals surface area contributed by atoms with E-state index in [1.807, 2.05) is 19.1 Å². The Morgan fingerprint density at radius 2 is 1.84 bits per heavy atom. The minimum atomic E-state index is -0.385. The van der Waals surface area contributed by atoms with E-state index in [4.69, 9.17) is 5.73 Å². The summed E-state index contributed by atoms with van der Waals surface area (Å²) < 4.78 is 1.77. The molecule has 5 heteroatoms. The van der Waals surface area contributed by atoms with Crippen molar-refractivity contribution in [1.29, 1.82) is 0 Å². The van der Waals surface area contributed by atoms with E-state index in [0.717, 1.165) is 45.9 Å². The molecule has 3 nitrogen and oxygen atoms in total. The molecule has 3 N–H and O–H groups in total. The maximum Gasteiger partial charge on any atom is 0.231 e. The first-order chi connectivity index (χ1) is 8.98. The van der Waals surface area contributed by atoms with Crippen LogP contribution in [0.2, 0.25) is 0 Å². The molecule has 0 atom stereocenters. The van der Waals surface area contributed by atoms with Crippen LogP contribution in [0, 0.1) is 12.3 Å². The molecule has 1 saturated carbocycles. The maximum absolute atomic E-state index is 12.5. The molecule has 1 aliphatic rings. The molecule has 1 aliphatic carbocycles. The van der Waals surface area contributed by atoms with Crippen molar-refractivity contribution >= 4 is 43.5 Å². The van der Waals surface area contributed by atoms with E-state index in [9.17, 15) is 4.79 Å². The van der Waals surface area contributed by atoms with Gasteiger partial charge < -0.3 is 11.1 Å². The van der Waals surface area contributed by atoms with Crippen molar-refractivity contribution < 1.29 is 4.79 Å². The summed E-state index contributed by atoms with van der Waals surface area (Å²) in [5.74, 6) is 0.0396. The lowest BCUT2D eigenvalue weighted by molar-refractivity contribution is -0.124. The Bertz CT molecular complexity index is 473. The molecule has 0 bridgehead atoms. The first kappa shape index (κ1) is 15.0. The number of halogens is 2. The number of nitrogens with one attached hydrogen (secondary N) is 1. The molecule has 0 saturated heterocycles. The Morgan fingerprint density at radius 1 is 1.32 bits per heavy atom. The van der Waals surface area contributed by atoms with Gasteiger partial charge in [0.2, 0.25) is 5.91 Å². The lowest BCUT2D eigenvalue weighted by atomic mass is 9.85. The van der Waals surface area contributed by atoms with Gasteiger partial charge in [-0.3, -0.25) is 4.79 Å². The highest BCUT2D eigenvalue weighted by molar-refractivity contribution is 9.11. The molecule has 19 heavy (non-hydrogen) atoms. The lowest BCUT2D eigenvalue weighted by Crippen LogP contribution is -2.40. The number of benzene rings is 1. The van der Waals surface area contributed by atoms with Crippen molar-refractivity contribution in [2.45, 2.75) is 32.6 Å². The fourth-order valence-corrected chi connectivity index (χ4v) is 4.25. The third-order valence-electron chi connectivity index (χ3n) is 3.86. The zero-order valence-corrected chi connectivity index (χ0v) is 14.1. The zero-order valence-electron chi connectivity index (χ0n) is 10.9. The predicted octanol–water partition coefficient (Wildman–Crippen LogP) is 3.98. The molecule has 0 unspecified atom stereocenters. The summed E-state index contributed by atoms with van der Waals surface area (Å²) in [6.07, 6.45) is 3.94. The first-order valence-electron chi connectivity index (χ1n) is 6.46. The van der Waals surface area contributed by atoms with Crippen LogP contribution in [0.5, 0.6) is 0 Å². The standard InChI is InChI=1S/C14H18Br2N2O/c1-9-6-10(15)12(11(16)7-9)18-13(19)14(8-17)4-2-3-5-14/h6-7H,2-5,8,17H2,1H3,(H,18,19). The van der Waals surface area contributed by atoms with Gasteiger partial charge in [-0.1, -0.05) is 12.8 Å². The van der Waals surface area contributed by atoms with Crippen LogP contribution in [-0.2, 0) is 4.79 Å². The highest BCUT2D eigenvalue weighted by Crippen LogP contribution is 2.40. The molecule has 0 aliphatic heterocycles. The average molecular weight is 390 g/mol. The number of hydrogen-bond donors (Lipinski definition) is 2. The predicted molar refractivity (Wildman–Crippen MR) is 85.2 cm³/mol. The number of aryl methyl sites for hydroxylation is 1. The minimum Gasteiger partial charge on any atom is -0.329 e. The van der Waals surface area contributed by atoms with Gasteiger partial charge >= 0.3 is 0 Å². The fraction of sp³-hybridized carbons (Fsp3) is 0.500. The summed E-state index contributed by atoms with van der Waals surface area (Å²) in [6.45, 7) is 2.43. The summed E-state index contributed by atoms with van der Waals surface area (Å²) in [4.78, 5) is 12.5. The monoisotopic (exact) mass is 388 g/mol. The fourth-order valence-electron chi connectivity index (χ4n) is 2.64. The van der Waals surface area contributed by atoms with Gasteiger partial charge in [-0.05, 0) is 69.3 Å². The van der Waals surface area contributed by atoms with Crippen LogP contribution in [0.4, 0.5) is 5.69 Å². The third-order valence-corrected chi connectivity index (χ3v) is 5.11. The number of amides is 1. The molecule has 0 aromatic heterocycles. The van der Waals surface area contributed by atoms with Crippen molar-refractivity contribution in [2.24, 2.45) is 11.1 Å². The second-order valence-corrected chi connectivity index (χ2v) is 6.96. The van der Waals surface area contributed by atoms with Crippen LogP contribution >= 0.6 is 31.9 Å². The first-order valence-corrected chi connectivity index (χ1v) is 8.04. The van der Waals surface area contributed by atoms with Crippen molar-refractivity contribution in [3.05, 3.63) is 26.6 Å². The molecular weight excluding hydrogens is 372 g/mol. The van der Waals surface area contributed by atoms with Crippen LogP contribution in [0.3, 0.4) is 0 Å². The molecule has 0 heterocycles. The number of carbonyl (C=O) groups excluding carboxylic acids is 1. The second kappa shape index (κ2) is 5.94. The largest absolute Gasteiger partial charge is 0.329 e. The number of hydrogen-bond acceptors (Lipinski definition) is 2. The molecular formula is C14H18Br2N2O. The highest BCUT2D eigenvalue weighted by atomic mass is 79.9. The SMILES string of the molecule is Cc1cc(Br)c(NC(=O)C2(CN)CCCC2)c(Br)c1. The number of nitrogens with two attached hydrogens (primary N) is 1. The van der Waals surface area contributed by atoms with Crippen LogP contribution in [0.1, 0.15) is 31.2 Å². The van der Waals surface area contributed by atoms with E-state index in [0.29, 0.717) is 6.54 Å². The number of anilines is 1. The van der Waals surface area contributed by atoms with Gasteiger partial charge in [0, 0.05) is 15.5 Å². The van der Waals surface area contributed by atoms with Crippen molar-refractivity contribution in [3.8, 4) is 0 Å². The van der Waals surface area contributed by atoms with E-state index in [1.54, 1.807) is 0 Å². The molecule has 1 aromatic carbocycles. The van der Waals surface area contributed by atoms with Gasteiger partial charge in [0.05, 0.1) is 11.1 Å². The van der Waals surface area contributed by atoms with Gasteiger partial charge in [0.25, 0.3) is 0 Å². The van der Waals surface area contributed by atoms with Crippen molar-refractivity contribution in [1.82, 2.24) is 0 Å². The molecule has 2 rings (SSSR count). The summed E-state index contributed by atoms with van der Waals surface area (Å²) >= 11 is 7.00. The van der Waals surface area contributed by atoms with Gasteiger partial charge in [-0.25, -0.2) is 0 Å². The van der Waals surface area contributed by atoms with E-state index < -0.39 is 0 Å². The summed E-state index contributed by atoms with van der Waals surface area (Å²) in [6, 6.07) is 3.98. The van der Waals surface area contributed by atoms with E-state index in [2.05, 4.69) is 37.2 Å². The second-order valence-electron chi connectivity index (χ2n) is 5.25. The Balaban J connectivity index is 2.24. The molecule has 0 radical (unpaired) electrons. The zero-order chi connectivity index (χ0) is 14.0. The van der Waals surface area contributed by atoms with E-state index in [1.165, 1.54) is 0 Å². The molecule has 1 amide bonds. The normalized spacial score (nSPS) is 17.5. The van der Waals surface area contributed by atoms with Gasteiger partial charge in [0.15, 0.2) is 0 Å². The minimum absolute atomic E-state index is 0.0396. The Kier molecular flexibility index (Phi) is 4.69. The van der Waals surface area contributed by atoms with Gasteiger partial charge in [-0.15, -0.1) is 0 Å². The Hall–Kier alpha value is -0.390. The van der Waals surface area contributed by atoms with Crippen LogP contribution < -0.4 is 11.1 Å². The lowest BCUT2D eigenvalue weighted by Gasteiger charge is -2.26. The van der Waals surface area contributed by atoms with E-state index in [-0.39, 0.29) is 11.3 Å². The topological polar surface area (TPSA) is 55.1 Å². The van der Waals surface area contributed by atoms with Gasteiger partial charge in [-0.2, -0.15) is 0 Å². The molecule has 104 valence electrons. The summed E-state index contributed by atoms with van der Waals surface area (Å²) in [5, 5.41) is 3.03. The van der Waals surface area contributed by atoms with Crippen LogP contribution in [0.25, 0.3) is 0 Å². The highest BCUT2D eigenvalue weighted by Gasteiger charge is 2.40. The third kappa shape index (κ3) is 3.03. The molecule has 1 aromatic rings. The van der Waals surface area contributed by atoms with Crippen LogP contribution in [-0.4, -0.2) is 12.5 Å². The van der Waals surface area contributed by atoms with E-state index >= 15 is 0 Å². The maximum atomic E-state index is 12.5. The van der Waals surface area contributed by atoms with Gasteiger partial charge in [0.1, 0.15) is 0 Å². The molecule has 0 spiro atoms. The molecule has 1 fully saturated rings. The average Bonchev–Trinajstić information content (AvgIpc) is 2.83. The number of carbonyl (C=O) groups is 1. The van der Waals surface area contributed by atoms with Crippen LogP contribution in [0.15, 0.2) is 21.1 Å². The smallest absolute Gasteiger partial charge is 0.231 e. The summed E-state index contributed by atoms with van der Waals surface area (Å²) in [7, 11) is 0. The quantitative estimate of drug-likeness (QED) is 0.821. The summed E-state index contributed by atoms with van der Waals surface area (Å²) in [5.41, 5.74) is 7.37. The number of rotatable bonds is 3. The Morgan fingerprint density at radius 3 is 2.32 bits per heavy atom. The van der Waals surface area contributed by atoms with Crippen molar-refractivity contribution in [3.63, 3.8) is 0 Å². The Labute approximate surface area is 130 Å².